The Kier molecular flexibility index (Phi) is 4.51. The van der Waals surface area contributed by atoms with Crippen molar-refractivity contribution in [1.29, 1.82) is 5.26 Å². The van der Waals surface area contributed by atoms with Gasteiger partial charge in [0.25, 0.3) is 0 Å². The molecule has 3 rings (SSSR count). The zero-order valence-corrected chi connectivity index (χ0v) is 13.9. The maximum Gasteiger partial charge on any atom is 0.224 e. The molecule has 0 N–H and O–H groups in total. The highest BCUT2D eigenvalue weighted by Gasteiger charge is 2.36. The quantitative estimate of drug-likeness (QED) is 0.856. The third-order valence-electron chi connectivity index (χ3n) is 4.85. The van der Waals surface area contributed by atoms with Gasteiger partial charge in [0, 0.05) is 32.3 Å². The summed E-state index contributed by atoms with van der Waals surface area (Å²) in [6.07, 6.45) is 4.71. The van der Waals surface area contributed by atoms with Crippen LogP contribution in [0.5, 0.6) is 0 Å². The number of anilines is 1. The van der Waals surface area contributed by atoms with E-state index in [-0.39, 0.29) is 11.9 Å². The van der Waals surface area contributed by atoms with Gasteiger partial charge in [-0.15, -0.1) is 0 Å². The Balaban J connectivity index is 1.87. The van der Waals surface area contributed by atoms with E-state index in [9.17, 15) is 10.1 Å². The molecule has 0 bridgehead atoms. The van der Waals surface area contributed by atoms with Gasteiger partial charge in [-0.25, -0.2) is 4.98 Å². The number of nitriles is 1. The van der Waals surface area contributed by atoms with E-state index in [1.165, 1.54) is 12.8 Å². The third kappa shape index (κ3) is 3.47. The van der Waals surface area contributed by atoms with Crippen LogP contribution >= 0.6 is 0 Å². The van der Waals surface area contributed by atoms with E-state index in [4.69, 9.17) is 0 Å². The fourth-order valence-corrected chi connectivity index (χ4v) is 3.29. The van der Waals surface area contributed by atoms with Gasteiger partial charge in [-0.2, -0.15) is 5.26 Å². The van der Waals surface area contributed by atoms with Gasteiger partial charge in [-0.05, 0) is 36.8 Å². The smallest absolute Gasteiger partial charge is 0.224 e. The minimum absolute atomic E-state index is 0.180. The van der Waals surface area contributed by atoms with Gasteiger partial charge in [0.1, 0.15) is 11.9 Å². The van der Waals surface area contributed by atoms with E-state index in [2.05, 4.69) is 34.7 Å². The van der Waals surface area contributed by atoms with Gasteiger partial charge in [0.15, 0.2) is 0 Å². The van der Waals surface area contributed by atoms with Crippen molar-refractivity contribution in [2.45, 2.75) is 39.2 Å². The standard InChI is InChI=1S/C18H24N4O/c1-13(2)16-12-21(18-15(10-19)4-3-8-20-18)9-7-17(23)22(16)11-14-5-6-14/h3-4,8,13-14,16H,5-7,9,11-12H2,1-2H3/t16-/m1/s1. The summed E-state index contributed by atoms with van der Waals surface area (Å²) in [5, 5.41) is 9.33. The normalized spacial score (nSPS) is 22.2. The lowest BCUT2D eigenvalue weighted by molar-refractivity contribution is -0.133. The van der Waals surface area contributed by atoms with Crippen molar-refractivity contribution in [3.05, 3.63) is 23.9 Å². The molecule has 1 aromatic heterocycles. The second-order valence-electron chi connectivity index (χ2n) is 6.98. The summed E-state index contributed by atoms with van der Waals surface area (Å²) in [7, 11) is 0. The molecule has 2 fully saturated rings. The molecule has 0 spiro atoms. The molecule has 1 aliphatic carbocycles. The number of rotatable bonds is 4. The van der Waals surface area contributed by atoms with Crippen molar-refractivity contribution in [3.63, 3.8) is 0 Å². The van der Waals surface area contributed by atoms with Gasteiger partial charge in [0.05, 0.1) is 11.6 Å². The number of amides is 1. The summed E-state index contributed by atoms with van der Waals surface area (Å²) >= 11 is 0. The Labute approximate surface area is 137 Å². The second-order valence-corrected chi connectivity index (χ2v) is 6.98. The van der Waals surface area contributed by atoms with Crippen LogP contribution in [0.15, 0.2) is 18.3 Å². The molecular formula is C18H24N4O. The molecule has 2 heterocycles. The molecule has 5 heteroatoms. The number of pyridine rings is 1. The number of hydrogen-bond acceptors (Lipinski definition) is 4. The summed E-state index contributed by atoms with van der Waals surface area (Å²) in [4.78, 5) is 21.3. The molecule has 1 saturated heterocycles. The first-order valence-corrected chi connectivity index (χ1v) is 8.49. The van der Waals surface area contributed by atoms with Gasteiger partial charge < -0.3 is 9.80 Å². The summed E-state index contributed by atoms with van der Waals surface area (Å²) in [5.41, 5.74) is 0.582. The van der Waals surface area contributed by atoms with Crippen molar-refractivity contribution < 1.29 is 4.79 Å². The first-order chi connectivity index (χ1) is 11.1. The summed E-state index contributed by atoms with van der Waals surface area (Å²) < 4.78 is 0. The SMILES string of the molecule is CC(C)[C@H]1CN(c2ncccc2C#N)CCC(=O)N1CC1CC1. The van der Waals surface area contributed by atoms with E-state index in [0.29, 0.717) is 36.2 Å². The van der Waals surface area contributed by atoms with Crippen molar-refractivity contribution in [3.8, 4) is 6.07 Å². The Morgan fingerprint density at radius 2 is 2.22 bits per heavy atom. The zero-order valence-electron chi connectivity index (χ0n) is 13.9. The van der Waals surface area contributed by atoms with Crippen LogP contribution < -0.4 is 4.90 Å². The average Bonchev–Trinajstić information content (AvgIpc) is 3.37. The fourth-order valence-electron chi connectivity index (χ4n) is 3.29. The van der Waals surface area contributed by atoms with Gasteiger partial charge in [0.2, 0.25) is 5.91 Å². The molecule has 122 valence electrons. The molecule has 1 aromatic rings. The lowest BCUT2D eigenvalue weighted by atomic mass is 10.0. The Bertz CT molecular complexity index is 618. The van der Waals surface area contributed by atoms with Crippen molar-refractivity contribution in [2.75, 3.05) is 24.5 Å². The maximum atomic E-state index is 12.6. The Hall–Kier alpha value is -2.09. The molecule has 1 saturated carbocycles. The highest BCUT2D eigenvalue weighted by Crippen LogP contribution is 2.32. The number of nitrogens with zero attached hydrogens (tertiary/aromatic N) is 4. The van der Waals surface area contributed by atoms with E-state index >= 15 is 0 Å². The predicted molar refractivity (Wildman–Crippen MR) is 88.8 cm³/mol. The summed E-state index contributed by atoms with van der Waals surface area (Å²) in [6.45, 7) is 6.62. The number of carbonyl (C=O) groups is 1. The van der Waals surface area contributed by atoms with E-state index in [1.807, 2.05) is 0 Å². The summed E-state index contributed by atoms with van der Waals surface area (Å²) in [5.74, 6) is 2.03. The third-order valence-corrected chi connectivity index (χ3v) is 4.85. The summed E-state index contributed by atoms with van der Waals surface area (Å²) in [6, 6.07) is 5.97. The maximum absolute atomic E-state index is 12.6. The van der Waals surface area contributed by atoms with Crippen LogP contribution in [0.3, 0.4) is 0 Å². The molecule has 23 heavy (non-hydrogen) atoms. The monoisotopic (exact) mass is 312 g/mol. The van der Waals surface area contributed by atoms with Crippen molar-refractivity contribution in [2.24, 2.45) is 11.8 Å². The topological polar surface area (TPSA) is 60.2 Å². The Morgan fingerprint density at radius 1 is 1.43 bits per heavy atom. The van der Waals surface area contributed by atoms with Crippen LogP contribution in [0.25, 0.3) is 0 Å². The van der Waals surface area contributed by atoms with Crippen LogP contribution in [0.4, 0.5) is 5.82 Å². The van der Waals surface area contributed by atoms with Crippen molar-refractivity contribution >= 4 is 11.7 Å². The van der Waals surface area contributed by atoms with Gasteiger partial charge >= 0.3 is 0 Å². The largest absolute Gasteiger partial charge is 0.353 e. The van der Waals surface area contributed by atoms with E-state index < -0.39 is 0 Å². The second kappa shape index (κ2) is 6.57. The number of aromatic nitrogens is 1. The lowest BCUT2D eigenvalue weighted by Gasteiger charge is -2.35. The van der Waals surface area contributed by atoms with Crippen LogP contribution in [0.1, 0.15) is 38.7 Å². The lowest BCUT2D eigenvalue weighted by Crippen LogP contribution is -2.47. The number of carbonyl (C=O) groups excluding carboxylic acids is 1. The first kappa shape index (κ1) is 15.8. The molecule has 1 amide bonds. The molecule has 1 atom stereocenters. The molecular weight excluding hydrogens is 288 g/mol. The van der Waals surface area contributed by atoms with Crippen LogP contribution in [-0.2, 0) is 4.79 Å². The van der Waals surface area contributed by atoms with E-state index in [0.717, 1.165) is 13.1 Å². The first-order valence-electron chi connectivity index (χ1n) is 8.49. The van der Waals surface area contributed by atoms with Gasteiger partial charge in [-0.3, -0.25) is 4.79 Å². The molecule has 0 aromatic carbocycles. The van der Waals surface area contributed by atoms with Crippen LogP contribution in [-0.4, -0.2) is 41.5 Å². The highest BCUT2D eigenvalue weighted by atomic mass is 16.2. The highest BCUT2D eigenvalue weighted by molar-refractivity contribution is 5.78. The molecule has 0 unspecified atom stereocenters. The minimum atomic E-state index is 0.180. The predicted octanol–water partition coefficient (Wildman–Crippen LogP) is 2.43. The van der Waals surface area contributed by atoms with Crippen molar-refractivity contribution in [1.82, 2.24) is 9.88 Å². The van der Waals surface area contributed by atoms with Gasteiger partial charge in [-0.1, -0.05) is 13.8 Å². The van der Waals surface area contributed by atoms with Crippen LogP contribution in [0.2, 0.25) is 0 Å². The Morgan fingerprint density at radius 3 is 2.87 bits per heavy atom. The fraction of sp³-hybridized carbons (Fsp3) is 0.611. The molecule has 5 nitrogen and oxygen atoms in total. The number of hydrogen-bond donors (Lipinski definition) is 0. The van der Waals surface area contributed by atoms with Crippen LogP contribution in [0, 0.1) is 23.2 Å². The minimum Gasteiger partial charge on any atom is -0.353 e. The molecule has 1 aliphatic heterocycles. The average molecular weight is 312 g/mol. The molecule has 2 aliphatic rings. The van der Waals surface area contributed by atoms with E-state index in [1.54, 1.807) is 18.3 Å². The zero-order chi connectivity index (χ0) is 16.4. The molecule has 0 radical (unpaired) electrons.